The summed E-state index contributed by atoms with van der Waals surface area (Å²) in [5, 5.41) is 31.9. The van der Waals surface area contributed by atoms with Crippen LogP contribution in [0, 0.1) is 22.7 Å². The van der Waals surface area contributed by atoms with E-state index >= 15 is 0 Å². The molecule has 1 aliphatic heterocycles. The van der Waals surface area contributed by atoms with Gasteiger partial charge in [0.1, 0.15) is 17.7 Å². The molecule has 6 heteroatoms. The molecule has 0 spiro atoms. The van der Waals surface area contributed by atoms with Crippen LogP contribution in [-0.4, -0.2) is 49.5 Å². The first kappa shape index (κ1) is 19.4. The molecular weight excluding hydrogens is 352 g/mol. The van der Waals surface area contributed by atoms with Gasteiger partial charge in [-0.3, -0.25) is 0 Å². The SMILES string of the molecule is N#CC(C#N)=c1ccc(=C(c2ccc(NCCO)cc2)N2CCOCC2)cc1. The lowest BCUT2D eigenvalue weighted by molar-refractivity contribution is 0.0637. The number of aliphatic hydroxyl groups is 1. The molecule has 0 amide bonds. The number of hydrogen-bond donors (Lipinski definition) is 2. The van der Waals surface area contributed by atoms with E-state index in [1.807, 2.05) is 48.5 Å². The lowest BCUT2D eigenvalue weighted by Gasteiger charge is -2.31. The Kier molecular flexibility index (Phi) is 6.64. The molecule has 2 aromatic rings. The second kappa shape index (κ2) is 9.57. The van der Waals surface area contributed by atoms with E-state index in [4.69, 9.17) is 20.4 Å². The molecule has 28 heavy (non-hydrogen) atoms. The normalized spacial score (nSPS) is 13.3. The summed E-state index contributed by atoms with van der Waals surface area (Å²) in [5.74, 6) is 0. The van der Waals surface area contributed by atoms with Crippen LogP contribution >= 0.6 is 0 Å². The largest absolute Gasteiger partial charge is 0.395 e. The Hall–Kier alpha value is -3.32. The minimum atomic E-state index is 0.0870. The summed E-state index contributed by atoms with van der Waals surface area (Å²) in [5.41, 5.74) is 3.24. The molecule has 0 saturated carbocycles. The Morgan fingerprint density at radius 2 is 1.57 bits per heavy atom. The van der Waals surface area contributed by atoms with Crippen molar-refractivity contribution in [3.05, 3.63) is 64.5 Å². The number of nitriles is 2. The van der Waals surface area contributed by atoms with Gasteiger partial charge >= 0.3 is 0 Å². The molecule has 142 valence electrons. The fourth-order valence-corrected chi connectivity index (χ4v) is 3.21. The van der Waals surface area contributed by atoms with E-state index in [2.05, 4.69) is 22.3 Å². The maximum Gasteiger partial charge on any atom is 0.136 e. The minimum Gasteiger partial charge on any atom is -0.395 e. The summed E-state index contributed by atoms with van der Waals surface area (Å²) in [6.45, 7) is 3.56. The average Bonchev–Trinajstić information content (AvgIpc) is 2.76. The topological polar surface area (TPSA) is 92.3 Å². The van der Waals surface area contributed by atoms with Crippen LogP contribution in [0.3, 0.4) is 0 Å². The first-order chi connectivity index (χ1) is 13.8. The van der Waals surface area contributed by atoms with Crippen LogP contribution in [0.4, 0.5) is 5.69 Å². The van der Waals surface area contributed by atoms with Gasteiger partial charge in [0.2, 0.25) is 0 Å². The number of aliphatic hydroxyl groups excluding tert-OH is 1. The zero-order valence-corrected chi connectivity index (χ0v) is 15.6. The van der Waals surface area contributed by atoms with Crippen LogP contribution < -0.4 is 15.8 Å². The first-order valence-corrected chi connectivity index (χ1v) is 9.19. The van der Waals surface area contributed by atoms with Gasteiger partial charge in [-0.05, 0) is 22.9 Å². The zero-order valence-electron chi connectivity index (χ0n) is 15.6. The van der Waals surface area contributed by atoms with Gasteiger partial charge in [0, 0.05) is 30.5 Å². The van der Waals surface area contributed by atoms with Gasteiger partial charge in [0.05, 0.1) is 25.5 Å². The third-order valence-electron chi connectivity index (χ3n) is 4.60. The molecule has 2 aromatic carbocycles. The Labute approximate surface area is 164 Å². The van der Waals surface area contributed by atoms with Gasteiger partial charge in [0.25, 0.3) is 0 Å². The third kappa shape index (κ3) is 4.50. The van der Waals surface area contributed by atoms with E-state index in [0.29, 0.717) is 25.0 Å². The molecule has 3 rings (SSSR count). The van der Waals surface area contributed by atoms with Crippen LogP contribution in [0.2, 0.25) is 0 Å². The summed E-state index contributed by atoms with van der Waals surface area (Å²) in [6, 6.07) is 19.5. The van der Waals surface area contributed by atoms with Crippen LogP contribution in [-0.2, 0) is 4.74 Å². The number of nitrogens with one attached hydrogen (secondary N) is 1. The molecule has 1 fully saturated rings. The summed E-state index contributed by atoms with van der Waals surface area (Å²) in [4.78, 5) is 2.30. The smallest absolute Gasteiger partial charge is 0.136 e. The zero-order chi connectivity index (χ0) is 19.8. The molecule has 0 bridgehead atoms. The van der Waals surface area contributed by atoms with Crippen molar-refractivity contribution in [2.24, 2.45) is 0 Å². The van der Waals surface area contributed by atoms with Gasteiger partial charge in [-0.2, -0.15) is 10.5 Å². The van der Waals surface area contributed by atoms with Crippen LogP contribution in [0.15, 0.2) is 48.5 Å². The summed E-state index contributed by atoms with van der Waals surface area (Å²) in [6.07, 6.45) is 0. The van der Waals surface area contributed by atoms with E-state index in [-0.39, 0.29) is 12.2 Å². The van der Waals surface area contributed by atoms with Crippen LogP contribution in [0.1, 0.15) is 5.56 Å². The van der Waals surface area contributed by atoms with Crippen molar-refractivity contribution in [2.75, 3.05) is 44.8 Å². The highest BCUT2D eigenvalue weighted by Crippen LogP contribution is 2.20. The molecule has 1 aliphatic rings. The van der Waals surface area contributed by atoms with E-state index in [0.717, 1.165) is 35.3 Å². The molecule has 0 radical (unpaired) electrons. The summed E-state index contributed by atoms with van der Waals surface area (Å²) in [7, 11) is 0. The highest BCUT2D eigenvalue weighted by atomic mass is 16.5. The molecule has 0 aliphatic carbocycles. The second-order valence-corrected chi connectivity index (χ2v) is 6.35. The van der Waals surface area contributed by atoms with Gasteiger partial charge in [0.15, 0.2) is 0 Å². The molecule has 1 saturated heterocycles. The Bertz CT molecular complexity index is 971. The van der Waals surface area contributed by atoms with Crippen LogP contribution in [0.25, 0.3) is 11.3 Å². The predicted octanol–water partition coefficient (Wildman–Crippen LogP) is 0.777. The quantitative estimate of drug-likeness (QED) is 0.803. The van der Waals surface area contributed by atoms with Gasteiger partial charge in [-0.1, -0.05) is 36.4 Å². The predicted molar refractivity (Wildman–Crippen MR) is 107 cm³/mol. The fourth-order valence-electron chi connectivity index (χ4n) is 3.21. The van der Waals surface area contributed by atoms with Gasteiger partial charge < -0.3 is 20.1 Å². The maximum absolute atomic E-state index is 9.07. The lowest BCUT2D eigenvalue weighted by atomic mass is 10.1. The Balaban J connectivity index is 2.07. The molecular formula is C22H22N4O2. The molecule has 2 N–H and O–H groups in total. The molecule has 0 atom stereocenters. The molecule has 1 heterocycles. The Morgan fingerprint density at radius 3 is 2.14 bits per heavy atom. The van der Waals surface area contributed by atoms with Crippen molar-refractivity contribution >= 4 is 17.0 Å². The summed E-state index contributed by atoms with van der Waals surface area (Å²) >= 11 is 0. The third-order valence-corrected chi connectivity index (χ3v) is 4.60. The van der Waals surface area contributed by atoms with E-state index < -0.39 is 0 Å². The number of benzene rings is 2. The lowest BCUT2D eigenvalue weighted by Crippen LogP contribution is -2.38. The number of nitrogens with zero attached hydrogens (tertiary/aromatic N) is 3. The highest BCUT2D eigenvalue weighted by Gasteiger charge is 2.16. The van der Waals surface area contributed by atoms with E-state index in [1.54, 1.807) is 0 Å². The van der Waals surface area contributed by atoms with Crippen molar-refractivity contribution in [2.45, 2.75) is 0 Å². The van der Waals surface area contributed by atoms with Crippen molar-refractivity contribution in [3.63, 3.8) is 0 Å². The molecule has 0 unspecified atom stereocenters. The van der Waals surface area contributed by atoms with E-state index in [9.17, 15) is 0 Å². The maximum atomic E-state index is 9.07. The standard InChI is InChI=1S/C22H22N4O2/c23-15-20(16-24)17-1-3-18(4-2-17)22(26-10-13-28-14-11-26)19-5-7-21(8-6-19)25-9-12-27/h1-8,25,27H,9-14H2. The number of anilines is 1. The number of hydrogen-bond acceptors (Lipinski definition) is 6. The molecule has 6 nitrogen and oxygen atoms in total. The van der Waals surface area contributed by atoms with Crippen molar-refractivity contribution in [1.82, 2.24) is 4.90 Å². The highest BCUT2D eigenvalue weighted by molar-refractivity contribution is 5.72. The minimum absolute atomic E-state index is 0.0870. The second-order valence-electron chi connectivity index (χ2n) is 6.35. The summed E-state index contributed by atoms with van der Waals surface area (Å²) < 4.78 is 5.50. The average molecular weight is 374 g/mol. The van der Waals surface area contributed by atoms with Gasteiger partial charge in [-0.25, -0.2) is 0 Å². The van der Waals surface area contributed by atoms with E-state index in [1.165, 1.54) is 0 Å². The number of rotatable bonds is 5. The van der Waals surface area contributed by atoms with Gasteiger partial charge in [-0.15, -0.1) is 0 Å². The van der Waals surface area contributed by atoms with Crippen molar-refractivity contribution < 1.29 is 9.84 Å². The monoisotopic (exact) mass is 374 g/mol. The Morgan fingerprint density at radius 1 is 0.964 bits per heavy atom. The fraction of sp³-hybridized carbons (Fsp3) is 0.273. The first-order valence-electron chi connectivity index (χ1n) is 9.19. The van der Waals surface area contributed by atoms with Crippen LogP contribution in [0.5, 0.6) is 0 Å². The van der Waals surface area contributed by atoms with Crippen molar-refractivity contribution in [1.29, 1.82) is 10.5 Å². The number of morpholine rings is 1. The number of ether oxygens (including phenoxy) is 1. The van der Waals surface area contributed by atoms with Crippen molar-refractivity contribution in [3.8, 4) is 12.1 Å². The molecule has 0 aromatic heterocycles.